The molecule has 9 nitrogen and oxygen atoms in total. The molecule has 0 spiro atoms. The Morgan fingerprint density at radius 1 is 0.795 bits per heavy atom. The van der Waals surface area contributed by atoms with Gasteiger partial charge in [-0.25, -0.2) is 9.97 Å². The third-order valence-corrected chi connectivity index (χ3v) is 6.90. The number of fused-ring (bicyclic) bond motifs is 1. The van der Waals surface area contributed by atoms with E-state index in [9.17, 15) is 14.9 Å². The number of hydrogen-bond donors (Lipinski definition) is 2. The number of alkyl halides is 1. The molecule has 5 aromatic rings. The number of nitro benzene ring substituents is 1. The summed E-state index contributed by atoms with van der Waals surface area (Å²) < 4.78 is 0. The molecule has 2 atom stereocenters. The Morgan fingerprint density at radius 2 is 1.44 bits per heavy atom. The summed E-state index contributed by atoms with van der Waals surface area (Å²) in [5.41, 5.74) is 3.95. The number of β-lactam (4-membered cyclic amide) rings is 1. The van der Waals surface area contributed by atoms with Gasteiger partial charge in [-0.2, -0.15) is 0 Å². The first-order valence-corrected chi connectivity index (χ1v) is 12.6. The summed E-state index contributed by atoms with van der Waals surface area (Å²) in [7, 11) is 0. The van der Waals surface area contributed by atoms with Gasteiger partial charge in [-0.1, -0.05) is 54.6 Å². The van der Waals surface area contributed by atoms with Gasteiger partial charge in [0.1, 0.15) is 5.38 Å². The molecule has 1 saturated heterocycles. The van der Waals surface area contributed by atoms with Crippen LogP contribution >= 0.6 is 11.6 Å². The lowest BCUT2D eigenvalue weighted by atomic mass is 9.91. The largest absolute Gasteiger partial charge is 0.337 e. The van der Waals surface area contributed by atoms with Crippen molar-refractivity contribution >= 4 is 62.9 Å². The summed E-state index contributed by atoms with van der Waals surface area (Å²) in [4.78, 5) is 35.1. The van der Waals surface area contributed by atoms with E-state index in [0.29, 0.717) is 34.1 Å². The van der Waals surface area contributed by atoms with Gasteiger partial charge in [0.05, 0.1) is 33.4 Å². The molecule has 2 unspecified atom stereocenters. The van der Waals surface area contributed by atoms with Crippen molar-refractivity contribution in [3.63, 3.8) is 0 Å². The van der Waals surface area contributed by atoms with Crippen molar-refractivity contribution in [1.82, 2.24) is 9.97 Å². The SMILES string of the molecule is O=C1C(Cl)C(c2cccc([N+](=O)[O-])c2)N1c1ccccc1Nc1nc2ccccc2nc1Nc1ccccc1. The molecule has 1 fully saturated rings. The molecule has 0 aliphatic carbocycles. The monoisotopic (exact) mass is 536 g/mol. The molecular formula is C29H21ClN6O3. The summed E-state index contributed by atoms with van der Waals surface area (Å²) in [5.74, 6) is 0.678. The Balaban J connectivity index is 1.40. The van der Waals surface area contributed by atoms with Gasteiger partial charge in [-0.3, -0.25) is 19.8 Å². The minimum Gasteiger partial charge on any atom is -0.337 e. The normalized spacial score (nSPS) is 16.5. The highest BCUT2D eigenvalue weighted by atomic mass is 35.5. The summed E-state index contributed by atoms with van der Waals surface area (Å²) in [6, 6.07) is 30.1. The van der Waals surface area contributed by atoms with Crippen LogP contribution in [0.2, 0.25) is 0 Å². The second kappa shape index (κ2) is 10.0. The fourth-order valence-electron chi connectivity index (χ4n) is 4.61. The Bertz CT molecular complexity index is 1710. The van der Waals surface area contributed by atoms with Crippen molar-refractivity contribution in [1.29, 1.82) is 0 Å². The number of para-hydroxylation sites is 5. The number of rotatable bonds is 7. The van der Waals surface area contributed by atoms with E-state index in [0.717, 1.165) is 11.2 Å². The quantitative estimate of drug-likeness (QED) is 0.103. The summed E-state index contributed by atoms with van der Waals surface area (Å²) in [6.45, 7) is 0. The molecule has 1 amide bonds. The number of nitro groups is 1. The highest BCUT2D eigenvalue weighted by molar-refractivity contribution is 6.37. The van der Waals surface area contributed by atoms with E-state index < -0.39 is 16.3 Å². The zero-order valence-electron chi connectivity index (χ0n) is 20.4. The lowest BCUT2D eigenvalue weighted by Crippen LogP contribution is -2.56. The first-order chi connectivity index (χ1) is 19.0. The van der Waals surface area contributed by atoms with E-state index in [-0.39, 0.29) is 11.6 Å². The molecule has 39 heavy (non-hydrogen) atoms. The summed E-state index contributed by atoms with van der Waals surface area (Å²) in [5, 5.41) is 17.2. The van der Waals surface area contributed by atoms with Crippen LogP contribution in [0.4, 0.5) is 34.4 Å². The van der Waals surface area contributed by atoms with Crippen molar-refractivity contribution in [2.75, 3.05) is 15.5 Å². The van der Waals surface area contributed by atoms with Gasteiger partial charge in [-0.05, 0) is 42.0 Å². The van der Waals surface area contributed by atoms with Crippen LogP contribution in [0.15, 0.2) is 103 Å². The number of nitrogens with one attached hydrogen (secondary N) is 2. The van der Waals surface area contributed by atoms with Crippen molar-refractivity contribution in [3.8, 4) is 0 Å². The maximum absolute atomic E-state index is 13.0. The molecule has 192 valence electrons. The van der Waals surface area contributed by atoms with Gasteiger partial charge in [0.2, 0.25) is 5.91 Å². The number of benzene rings is 4. The third-order valence-electron chi connectivity index (χ3n) is 6.48. The van der Waals surface area contributed by atoms with Gasteiger partial charge < -0.3 is 10.6 Å². The summed E-state index contributed by atoms with van der Waals surface area (Å²) in [6.07, 6.45) is 0. The van der Waals surface area contributed by atoms with Crippen molar-refractivity contribution in [2.45, 2.75) is 11.4 Å². The highest BCUT2D eigenvalue weighted by Crippen LogP contribution is 2.46. The molecule has 1 aliphatic rings. The smallest absolute Gasteiger partial charge is 0.269 e. The standard InChI is InChI=1S/C29H21ClN6O3/c30-25-26(18-9-8-12-20(17-18)36(38)39)35(29(25)37)24-16-7-6-15-23(24)34-28-27(31-19-10-2-1-3-11-19)32-21-13-4-5-14-22(21)33-28/h1-17,25-26H,(H,31,32)(H,33,34). The van der Waals surface area contributed by atoms with Crippen LogP contribution in [-0.4, -0.2) is 26.2 Å². The fraction of sp³-hybridized carbons (Fsp3) is 0.0690. The van der Waals surface area contributed by atoms with Crippen LogP contribution in [0.25, 0.3) is 11.0 Å². The molecule has 4 aromatic carbocycles. The highest BCUT2D eigenvalue weighted by Gasteiger charge is 2.49. The number of anilines is 5. The number of carbonyl (C=O) groups excluding carboxylic acids is 1. The molecule has 6 rings (SSSR count). The van der Waals surface area contributed by atoms with Gasteiger partial charge in [0.25, 0.3) is 5.69 Å². The van der Waals surface area contributed by atoms with Crippen LogP contribution in [0, 0.1) is 10.1 Å². The molecular weight excluding hydrogens is 516 g/mol. The number of aromatic nitrogens is 2. The number of halogens is 1. The molecule has 1 aliphatic heterocycles. The van der Waals surface area contributed by atoms with Gasteiger partial charge in [0, 0.05) is 17.8 Å². The lowest BCUT2D eigenvalue weighted by molar-refractivity contribution is -0.384. The van der Waals surface area contributed by atoms with Crippen LogP contribution < -0.4 is 15.5 Å². The lowest BCUT2D eigenvalue weighted by Gasteiger charge is -2.45. The van der Waals surface area contributed by atoms with Crippen molar-refractivity contribution in [2.24, 2.45) is 0 Å². The average Bonchev–Trinajstić information content (AvgIpc) is 2.96. The zero-order valence-corrected chi connectivity index (χ0v) is 21.1. The Morgan fingerprint density at radius 3 is 2.15 bits per heavy atom. The van der Waals surface area contributed by atoms with Gasteiger partial charge in [0.15, 0.2) is 11.6 Å². The topological polar surface area (TPSA) is 113 Å². The Labute approximate surface area is 228 Å². The first kappa shape index (κ1) is 24.3. The molecule has 0 bridgehead atoms. The fourth-order valence-corrected chi connectivity index (χ4v) is 4.98. The number of non-ortho nitro benzene ring substituents is 1. The number of carbonyl (C=O) groups is 1. The predicted molar refractivity (Wildman–Crippen MR) is 152 cm³/mol. The second-order valence-electron chi connectivity index (χ2n) is 8.95. The molecule has 2 heterocycles. The minimum absolute atomic E-state index is 0.0647. The zero-order chi connectivity index (χ0) is 26.9. The van der Waals surface area contributed by atoms with Crippen molar-refractivity contribution in [3.05, 3.63) is 119 Å². The molecule has 10 heteroatoms. The van der Waals surface area contributed by atoms with E-state index in [1.807, 2.05) is 72.8 Å². The summed E-state index contributed by atoms with van der Waals surface area (Å²) >= 11 is 6.46. The second-order valence-corrected chi connectivity index (χ2v) is 9.42. The van der Waals surface area contributed by atoms with Gasteiger partial charge in [-0.15, -0.1) is 11.6 Å². The average molecular weight is 537 g/mol. The van der Waals surface area contributed by atoms with Crippen LogP contribution in [-0.2, 0) is 4.79 Å². The number of nitrogens with zero attached hydrogens (tertiary/aromatic N) is 4. The van der Waals surface area contributed by atoms with E-state index >= 15 is 0 Å². The van der Waals surface area contributed by atoms with E-state index in [1.54, 1.807) is 23.1 Å². The maximum atomic E-state index is 13.0. The van der Waals surface area contributed by atoms with Crippen LogP contribution in [0.5, 0.6) is 0 Å². The van der Waals surface area contributed by atoms with E-state index in [4.69, 9.17) is 21.6 Å². The number of hydrogen-bond acceptors (Lipinski definition) is 7. The third kappa shape index (κ3) is 4.60. The maximum Gasteiger partial charge on any atom is 0.269 e. The predicted octanol–water partition coefficient (Wildman–Crippen LogP) is 6.72. The Hall–Kier alpha value is -5.02. The van der Waals surface area contributed by atoms with Crippen molar-refractivity contribution < 1.29 is 9.72 Å². The Kier molecular flexibility index (Phi) is 6.26. The van der Waals surface area contributed by atoms with E-state index in [2.05, 4.69) is 10.6 Å². The van der Waals surface area contributed by atoms with Gasteiger partial charge >= 0.3 is 0 Å². The van der Waals surface area contributed by atoms with Crippen LogP contribution in [0.3, 0.4) is 0 Å². The number of amides is 1. The van der Waals surface area contributed by atoms with E-state index in [1.165, 1.54) is 12.1 Å². The molecule has 2 N–H and O–H groups in total. The first-order valence-electron chi connectivity index (χ1n) is 12.2. The molecule has 0 saturated carbocycles. The van der Waals surface area contributed by atoms with Crippen LogP contribution in [0.1, 0.15) is 11.6 Å². The molecule has 1 aromatic heterocycles. The minimum atomic E-state index is -0.851. The molecule has 0 radical (unpaired) electrons.